The Morgan fingerprint density at radius 3 is 2.52 bits per heavy atom. The van der Waals surface area contributed by atoms with Crippen LogP contribution >= 0.6 is 34.5 Å². The number of aromatic nitrogens is 1. The topological polar surface area (TPSA) is 56.7 Å². The van der Waals surface area contributed by atoms with Gasteiger partial charge in [-0.2, -0.15) is 0 Å². The van der Waals surface area contributed by atoms with Gasteiger partial charge >= 0.3 is 5.97 Å². The SMILES string of the molecule is CCc1nc(Cc2ccc(Cl)c(Cl)c2)sc1C1CCN(CC2CC(N(C)[C@@H](C(=O)O)C(C)C)CC2c2cccc(F)c2)CC1. The largest absolute Gasteiger partial charge is 0.480 e. The molecule has 1 aliphatic carbocycles. The molecule has 3 aromatic rings. The van der Waals surface area contributed by atoms with Crippen LogP contribution in [0.15, 0.2) is 42.5 Å². The minimum absolute atomic E-state index is 0.00691. The zero-order chi connectivity index (χ0) is 31.5. The van der Waals surface area contributed by atoms with E-state index in [0.29, 0.717) is 21.9 Å². The van der Waals surface area contributed by atoms with E-state index in [0.717, 1.165) is 74.3 Å². The number of thiazole rings is 1. The van der Waals surface area contributed by atoms with Crippen molar-refractivity contribution in [3.8, 4) is 0 Å². The maximum Gasteiger partial charge on any atom is 0.321 e. The Morgan fingerprint density at radius 2 is 1.89 bits per heavy atom. The van der Waals surface area contributed by atoms with Crippen molar-refractivity contribution in [1.29, 1.82) is 0 Å². The Hall–Kier alpha value is -2.03. The first-order valence-corrected chi connectivity index (χ1v) is 17.5. The zero-order valence-electron chi connectivity index (χ0n) is 26.1. The summed E-state index contributed by atoms with van der Waals surface area (Å²) in [5.41, 5.74) is 3.37. The Morgan fingerprint density at radius 1 is 1.14 bits per heavy atom. The summed E-state index contributed by atoms with van der Waals surface area (Å²) in [6, 6.07) is 12.4. The van der Waals surface area contributed by atoms with Crippen molar-refractivity contribution < 1.29 is 14.3 Å². The molecule has 2 fully saturated rings. The molecule has 2 heterocycles. The van der Waals surface area contributed by atoms with Crippen molar-refractivity contribution in [1.82, 2.24) is 14.8 Å². The molecule has 5 nitrogen and oxygen atoms in total. The van der Waals surface area contributed by atoms with Gasteiger partial charge in [0.05, 0.1) is 20.7 Å². The van der Waals surface area contributed by atoms with Crippen LogP contribution in [-0.2, 0) is 17.6 Å². The number of benzene rings is 2. The van der Waals surface area contributed by atoms with E-state index in [4.69, 9.17) is 28.2 Å². The smallest absolute Gasteiger partial charge is 0.321 e. The van der Waals surface area contributed by atoms with E-state index in [2.05, 4.69) is 16.7 Å². The number of nitrogens with zero attached hydrogens (tertiary/aromatic N) is 3. The maximum absolute atomic E-state index is 14.3. The van der Waals surface area contributed by atoms with Gasteiger partial charge in [0, 0.05) is 23.9 Å². The molecule has 0 bridgehead atoms. The van der Waals surface area contributed by atoms with Crippen LogP contribution in [0.4, 0.5) is 4.39 Å². The lowest BCUT2D eigenvalue weighted by atomic mass is 9.87. The van der Waals surface area contributed by atoms with Gasteiger partial charge in [0.2, 0.25) is 0 Å². The summed E-state index contributed by atoms with van der Waals surface area (Å²) in [4.78, 5) is 23.2. The number of rotatable bonds is 11. The molecule has 9 heteroatoms. The van der Waals surface area contributed by atoms with Gasteiger partial charge in [0.1, 0.15) is 11.9 Å². The quantitative estimate of drug-likeness (QED) is 0.224. The average molecular weight is 661 g/mol. The number of aryl methyl sites for hydroxylation is 1. The number of halogens is 3. The van der Waals surface area contributed by atoms with Crippen LogP contribution in [0.1, 0.15) is 85.0 Å². The summed E-state index contributed by atoms with van der Waals surface area (Å²) in [5.74, 6) is 0.0752. The number of aliphatic carboxylic acids is 1. The van der Waals surface area contributed by atoms with E-state index in [9.17, 15) is 14.3 Å². The van der Waals surface area contributed by atoms with Gasteiger partial charge in [0.15, 0.2) is 0 Å². The zero-order valence-corrected chi connectivity index (χ0v) is 28.4. The maximum atomic E-state index is 14.3. The predicted octanol–water partition coefficient (Wildman–Crippen LogP) is 8.53. The highest BCUT2D eigenvalue weighted by atomic mass is 35.5. The van der Waals surface area contributed by atoms with Crippen LogP contribution in [-0.4, -0.2) is 64.6 Å². The molecule has 1 N–H and O–H groups in total. The number of carboxylic acid groups (broad SMARTS) is 1. The van der Waals surface area contributed by atoms with Gasteiger partial charge in [-0.15, -0.1) is 11.3 Å². The van der Waals surface area contributed by atoms with Crippen molar-refractivity contribution in [3.63, 3.8) is 0 Å². The van der Waals surface area contributed by atoms with Gasteiger partial charge < -0.3 is 10.0 Å². The van der Waals surface area contributed by atoms with Crippen molar-refractivity contribution in [2.24, 2.45) is 11.8 Å². The third-order valence-corrected chi connectivity index (χ3v) is 11.7. The molecule has 1 saturated carbocycles. The van der Waals surface area contributed by atoms with E-state index in [1.807, 2.05) is 56.5 Å². The predicted molar refractivity (Wildman–Crippen MR) is 179 cm³/mol. The molecule has 0 spiro atoms. The molecule has 4 atom stereocenters. The first-order valence-electron chi connectivity index (χ1n) is 15.9. The third kappa shape index (κ3) is 7.67. The Kier molecular flexibility index (Phi) is 11.1. The number of hydrogen-bond donors (Lipinski definition) is 1. The fraction of sp³-hybridized carbons (Fsp3) is 0.543. The molecule has 1 aromatic heterocycles. The van der Waals surface area contributed by atoms with Crippen molar-refractivity contribution in [3.05, 3.63) is 85.0 Å². The van der Waals surface area contributed by atoms with Crippen molar-refractivity contribution in [2.75, 3.05) is 26.7 Å². The van der Waals surface area contributed by atoms with Crippen molar-refractivity contribution >= 4 is 40.5 Å². The molecule has 5 rings (SSSR count). The standard InChI is InChI=1S/C35H44Cl2FN3O2S/c1-5-31-34(44-32(39-31)16-22-9-10-29(36)30(37)15-22)23-11-13-41(14-12-23)20-25-18-27(40(4)33(21(2)3)35(42)43)19-28(25)24-7-6-8-26(38)17-24/h6-10,15,17,21,23,25,27-28,33H,5,11-14,16,18-20H2,1-4H3,(H,42,43)/t25?,27?,28?,33-/m1/s1. The second kappa shape index (κ2) is 14.6. The van der Waals surface area contributed by atoms with Crippen LogP contribution in [0.3, 0.4) is 0 Å². The van der Waals surface area contributed by atoms with Gasteiger partial charge in [-0.05, 0) is 111 Å². The Balaban J connectivity index is 1.26. The van der Waals surface area contributed by atoms with E-state index < -0.39 is 12.0 Å². The first-order chi connectivity index (χ1) is 21.0. The molecular weight excluding hydrogens is 616 g/mol. The van der Waals surface area contributed by atoms with Gasteiger partial charge in [-0.3, -0.25) is 9.69 Å². The number of likely N-dealkylation sites (tertiary alicyclic amines) is 1. The van der Waals surface area contributed by atoms with Crippen LogP contribution in [0.2, 0.25) is 10.0 Å². The molecule has 2 aromatic carbocycles. The van der Waals surface area contributed by atoms with E-state index in [-0.39, 0.29) is 23.7 Å². The van der Waals surface area contributed by atoms with Crippen LogP contribution in [0.25, 0.3) is 0 Å². The van der Waals surface area contributed by atoms with E-state index >= 15 is 0 Å². The fourth-order valence-electron chi connectivity index (χ4n) is 7.53. The molecule has 3 unspecified atom stereocenters. The average Bonchev–Trinajstić information content (AvgIpc) is 3.59. The second-order valence-electron chi connectivity index (χ2n) is 13.0. The Labute approximate surface area is 275 Å². The highest BCUT2D eigenvalue weighted by Gasteiger charge is 2.42. The molecule has 44 heavy (non-hydrogen) atoms. The lowest BCUT2D eigenvalue weighted by molar-refractivity contribution is -0.145. The number of hydrogen-bond acceptors (Lipinski definition) is 5. The lowest BCUT2D eigenvalue weighted by Gasteiger charge is -2.35. The van der Waals surface area contributed by atoms with E-state index in [1.54, 1.807) is 12.1 Å². The Bertz CT molecular complexity index is 1440. The molecule has 1 aliphatic heterocycles. The number of piperidine rings is 1. The molecule has 0 amide bonds. The minimum atomic E-state index is -0.773. The molecule has 238 valence electrons. The summed E-state index contributed by atoms with van der Waals surface area (Å²) in [5, 5.41) is 12.2. The van der Waals surface area contributed by atoms with Crippen molar-refractivity contribution in [2.45, 2.75) is 83.2 Å². The highest BCUT2D eigenvalue weighted by Crippen LogP contribution is 2.44. The fourth-order valence-corrected chi connectivity index (χ4v) is 9.21. The first kappa shape index (κ1) is 33.3. The van der Waals surface area contributed by atoms with Gasteiger partial charge in [-0.1, -0.05) is 62.2 Å². The summed E-state index contributed by atoms with van der Waals surface area (Å²) in [7, 11) is 1.95. The molecular formula is C35H44Cl2FN3O2S. The monoisotopic (exact) mass is 659 g/mol. The van der Waals surface area contributed by atoms with Crippen LogP contribution in [0.5, 0.6) is 0 Å². The lowest BCUT2D eigenvalue weighted by Crippen LogP contribution is -2.47. The third-order valence-electron chi connectivity index (χ3n) is 9.74. The molecule has 0 radical (unpaired) electrons. The number of carboxylic acids is 1. The minimum Gasteiger partial charge on any atom is -0.480 e. The summed E-state index contributed by atoms with van der Waals surface area (Å²) in [6.45, 7) is 9.11. The summed E-state index contributed by atoms with van der Waals surface area (Å²) < 4.78 is 14.3. The molecule has 2 aliphatic rings. The van der Waals surface area contributed by atoms with Crippen LogP contribution < -0.4 is 0 Å². The van der Waals surface area contributed by atoms with Crippen LogP contribution in [0, 0.1) is 17.7 Å². The van der Waals surface area contributed by atoms with Gasteiger partial charge in [0.25, 0.3) is 0 Å². The second-order valence-corrected chi connectivity index (χ2v) is 14.9. The number of carbonyl (C=O) groups is 1. The van der Waals surface area contributed by atoms with Gasteiger partial charge in [-0.25, -0.2) is 9.37 Å². The molecule has 1 saturated heterocycles. The summed E-state index contributed by atoms with van der Waals surface area (Å²) in [6.07, 6.45) is 5.63. The highest BCUT2D eigenvalue weighted by molar-refractivity contribution is 7.11. The van der Waals surface area contributed by atoms with E-state index in [1.165, 1.54) is 16.6 Å². The normalized spacial score (nSPS) is 22.2. The summed E-state index contributed by atoms with van der Waals surface area (Å²) >= 11 is 14.2. The number of likely N-dealkylation sites (N-methyl/N-ethyl adjacent to an activating group) is 1.